The molecule has 28 heavy (non-hydrogen) atoms. The van der Waals surface area contributed by atoms with E-state index in [2.05, 4.69) is 65.8 Å². The summed E-state index contributed by atoms with van der Waals surface area (Å²) in [6.45, 7) is 4.80. The first-order valence-electron chi connectivity index (χ1n) is 9.15. The fourth-order valence-corrected chi connectivity index (χ4v) is 4.27. The third-order valence-corrected chi connectivity index (χ3v) is 6.26. The number of aromatic nitrogens is 2. The molecule has 0 radical (unpaired) electrons. The highest BCUT2D eigenvalue weighted by molar-refractivity contribution is 8.01. The van der Waals surface area contributed by atoms with Crippen LogP contribution in [0.3, 0.4) is 0 Å². The van der Waals surface area contributed by atoms with Crippen molar-refractivity contribution in [3.05, 3.63) is 65.2 Å². The number of nitrogens with zero attached hydrogens (tertiary/aromatic N) is 3. The van der Waals surface area contributed by atoms with Crippen LogP contribution >= 0.6 is 23.1 Å². The Morgan fingerprint density at radius 3 is 2.43 bits per heavy atom. The molecule has 3 aromatic rings. The highest BCUT2D eigenvalue weighted by Gasteiger charge is 2.12. The minimum absolute atomic E-state index is 0.0745. The van der Waals surface area contributed by atoms with Crippen LogP contribution in [0.5, 0.6) is 0 Å². The van der Waals surface area contributed by atoms with E-state index in [1.165, 1.54) is 34.2 Å². The first kappa shape index (κ1) is 20.4. The van der Waals surface area contributed by atoms with Crippen molar-refractivity contribution in [3.8, 4) is 0 Å². The molecule has 1 N–H and O–H groups in total. The van der Waals surface area contributed by atoms with Crippen LogP contribution in [0.15, 0.2) is 52.9 Å². The maximum absolute atomic E-state index is 12.4. The lowest BCUT2D eigenvalue weighted by Gasteiger charge is -2.16. The van der Waals surface area contributed by atoms with Crippen LogP contribution in [0.25, 0.3) is 0 Å². The van der Waals surface area contributed by atoms with Crippen LogP contribution in [-0.2, 0) is 17.8 Å². The smallest absolute Gasteiger partial charge is 0.233 e. The number of amides is 1. The molecule has 5 nitrogen and oxygen atoms in total. The van der Waals surface area contributed by atoms with Crippen molar-refractivity contribution in [2.45, 2.75) is 31.2 Å². The molecule has 0 saturated heterocycles. The molecule has 1 amide bonds. The lowest BCUT2D eigenvalue weighted by Crippen LogP contribution is -2.27. The van der Waals surface area contributed by atoms with E-state index >= 15 is 0 Å². The molecule has 0 fully saturated rings. The predicted octanol–water partition coefficient (Wildman–Crippen LogP) is 4.90. The second-order valence-electron chi connectivity index (χ2n) is 6.57. The second kappa shape index (κ2) is 9.71. The van der Waals surface area contributed by atoms with Crippen LogP contribution in [0, 0.1) is 6.92 Å². The molecule has 1 aromatic heterocycles. The summed E-state index contributed by atoms with van der Waals surface area (Å²) < 4.78 is 0.782. The molecule has 7 heteroatoms. The average Bonchev–Trinajstić information content (AvgIpc) is 3.15. The Kier molecular flexibility index (Phi) is 7.06. The molecule has 2 aromatic carbocycles. The number of rotatable bonds is 8. The summed E-state index contributed by atoms with van der Waals surface area (Å²) >= 11 is 2.88. The lowest BCUT2D eigenvalue weighted by atomic mass is 10.1. The quantitative estimate of drug-likeness (QED) is 0.533. The van der Waals surface area contributed by atoms with E-state index in [0.717, 1.165) is 27.1 Å². The summed E-state index contributed by atoms with van der Waals surface area (Å²) in [6, 6.07) is 16.5. The van der Waals surface area contributed by atoms with Gasteiger partial charge in [0.1, 0.15) is 0 Å². The Bertz CT molecular complexity index is 907. The zero-order valence-electron chi connectivity index (χ0n) is 16.3. The van der Waals surface area contributed by atoms with Crippen molar-refractivity contribution in [1.29, 1.82) is 0 Å². The SMILES string of the molecule is CCc1ccc(Nc2nnc(SCC(=O)N(C)Cc3ccc(C)cc3)s2)cc1. The van der Waals surface area contributed by atoms with E-state index in [-0.39, 0.29) is 5.91 Å². The van der Waals surface area contributed by atoms with E-state index < -0.39 is 0 Å². The standard InChI is InChI=1S/C21H24N4OS2/c1-4-16-9-11-18(12-10-16)22-20-23-24-21(28-20)27-14-19(26)25(3)13-17-7-5-15(2)6-8-17/h5-12H,4,13-14H2,1-3H3,(H,22,23). The summed E-state index contributed by atoms with van der Waals surface area (Å²) in [6.07, 6.45) is 1.02. The van der Waals surface area contributed by atoms with Crippen molar-refractivity contribution in [3.63, 3.8) is 0 Å². The van der Waals surface area contributed by atoms with Crippen LogP contribution < -0.4 is 5.32 Å². The van der Waals surface area contributed by atoms with Gasteiger partial charge in [0, 0.05) is 19.3 Å². The number of hydrogen-bond donors (Lipinski definition) is 1. The molecule has 0 saturated carbocycles. The van der Waals surface area contributed by atoms with Crippen molar-refractivity contribution in [2.24, 2.45) is 0 Å². The molecule has 0 spiro atoms. The van der Waals surface area contributed by atoms with Gasteiger partial charge in [0.05, 0.1) is 5.75 Å². The van der Waals surface area contributed by atoms with Gasteiger partial charge >= 0.3 is 0 Å². The normalized spacial score (nSPS) is 10.7. The minimum Gasteiger partial charge on any atom is -0.341 e. The zero-order valence-corrected chi connectivity index (χ0v) is 17.9. The van der Waals surface area contributed by atoms with Gasteiger partial charge in [0.15, 0.2) is 4.34 Å². The number of aryl methyl sites for hydroxylation is 2. The van der Waals surface area contributed by atoms with E-state index in [0.29, 0.717) is 12.3 Å². The van der Waals surface area contributed by atoms with Gasteiger partial charge in [-0.15, -0.1) is 10.2 Å². The monoisotopic (exact) mass is 412 g/mol. The highest BCUT2D eigenvalue weighted by Crippen LogP contribution is 2.28. The number of nitrogens with one attached hydrogen (secondary N) is 1. The Balaban J connectivity index is 1.48. The van der Waals surface area contributed by atoms with E-state index in [4.69, 9.17) is 0 Å². The number of carbonyl (C=O) groups is 1. The average molecular weight is 413 g/mol. The summed E-state index contributed by atoms with van der Waals surface area (Å²) in [5.41, 5.74) is 4.63. The predicted molar refractivity (Wildman–Crippen MR) is 117 cm³/mol. The number of thioether (sulfide) groups is 1. The fraction of sp³-hybridized carbons (Fsp3) is 0.286. The maximum atomic E-state index is 12.4. The van der Waals surface area contributed by atoms with Crippen molar-refractivity contribution in [2.75, 3.05) is 18.1 Å². The first-order chi connectivity index (χ1) is 13.5. The third-order valence-electron chi connectivity index (χ3n) is 4.31. The van der Waals surface area contributed by atoms with Gasteiger partial charge in [0.2, 0.25) is 11.0 Å². The Labute approximate surface area is 174 Å². The van der Waals surface area contributed by atoms with E-state index in [1.807, 2.05) is 19.2 Å². The van der Waals surface area contributed by atoms with Crippen molar-refractivity contribution in [1.82, 2.24) is 15.1 Å². The summed E-state index contributed by atoms with van der Waals surface area (Å²) in [4.78, 5) is 14.1. The van der Waals surface area contributed by atoms with Crippen molar-refractivity contribution < 1.29 is 4.79 Å². The molecule has 0 atom stereocenters. The summed E-state index contributed by atoms with van der Waals surface area (Å²) in [5, 5.41) is 12.3. The molecule has 0 bridgehead atoms. The topological polar surface area (TPSA) is 58.1 Å². The van der Waals surface area contributed by atoms with Gasteiger partial charge in [-0.1, -0.05) is 72.0 Å². The molecule has 0 aliphatic heterocycles. The third kappa shape index (κ3) is 5.81. The van der Waals surface area contributed by atoms with Crippen LogP contribution in [-0.4, -0.2) is 33.8 Å². The maximum Gasteiger partial charge on any atom is 0.233 e. The van der Waals surface area contributed by atoms with Crippen LogP contribution in [0.4, 0.5) is 10.8 Å². The molecular weight excluding hydrogens is 388 g/mol. The Morgan fingerprint density at radius 1 is 1.07 bits per heavy atom. The van der Waals surface area contributed by atoms with Gasteiger partial charge in [-0.2, -0.15) is 0 Å². The first-order valence-corrected chi connectivity index (χ1v) is 11.0. The molecule has 0 aliphatic carbocycles. The Hall–Kier alpha value is -2.38. The van der Waals surface area contributed by atoms with E-state index in [9.17, 15) is 4.79 Å². The lowest BCUT2D eigenvalue weighted by molar-refractivity contribution is -0.127. The largest absolute Gasteiger partial charge is 0.341 e. The van der Waals surface area contributed by atoms with Gasteiger partial charge in [0.25, 0.3) is 0 Å². The number of hydrogen-bond acceptors (Lipinski definition) is 6. The van der Waals surface area contributed by atoms with Gasteiger partial charge in [-0.05, 0) is 36.6 Å². The number of anilines is 2. The van der Waals surface area contributed by atoms with Crippen molar-refractivity contribution >= 4 is 39.8 Å². The summed E-state index contributed by atoms with van der Waals surface area (Å²) in [7, 11) is 1.83. The molecular formula is C21H24N4OS2. The summed E-state index contributed by atoms with van der Waals surface area (Å²) in [5.74, 6) is 0.424. The minimum atomic E-state index is 0.0745. The molecule has 3 rings (SSSR count). The van der Waals surface area contributed by atoms with Gasteiger partial charge in [-0.3, -0.25) is 4.79 Å². The molecule has 1 heterocycles. The molecule has 146 valence electrons. The number of benzene rings is 2. The zero-order chi connectivity index (χ0) is 19.9. The second-order valence-corrected chi connectivity index (χ2v) is 8.77. The molecule has 0 aliphatic rings. The highest BCUT2D eigenvalue weighted by atomic mass is 32.2. The Morgan fingerprint density at radius 2 is 1.75 bits per heavy atom. The van der Waals surface area contributed by atoms with Crippen LogP contribution in [0.2, 0.25) is 0 Å². The van der Waals surface area contributed by atoms with Crippen LogP contribution in [0.1, 0.15) is 23.6 Å². The van der Waals surface area contributed by atoms with E-state index in [1.54, 1.807) is 4.90 Å². The van der Waals surface area contributed by atoms with Gasteiger partial charge < -0.3 is 10.2 Å². The van der Waals surface area contributed by atoms with Gasteiger partial charge in [-0.25, -0.2) is 0 Å². The fourth-order valence-electron chi connectivity index (χ4n) is 2.56. The molecule has 0 unspecified atom stereocenters. The number of carbonyl (C=O) groups excluding carboxylic acids is 1.